The van der Waals surface area contributed by atoms with E-state index in [2.05, 4.69) is 13.8 Å². The number of carbonyl (C=O) groups excluding carboxylic acids is 1. The van der Waals surface area contributed by atoms with Crippen molar-refractivity contribution >= 4 is 17.6 Å². The van der Waals surface area contributed by atoms with Crippen LogP contribution in [0, 0.1) is 5.41 Å². The summed E-state index contributed by atoms with van der Waals surface area (Å²) in [6.07, 6.45) is 4.30. The van der Waals surface area contributed by atoms with Gasteiger partial charge in [-0.15, -0.1) is 0 Å². The number of benzene rings is 2. The maximum atomic E-state index is 12.9. The highest BCUT2D eigenvalue weighted by molar-refractivity contribution is 6.25. The number of aliphatic imine (C=N–C) groups is 1. The molecule has 5 nitrogen and oxygen atoms in total. The van der Waals surface area contributed by atoms with Gasteiger partial charge in [-0.1, -0.05) is 56.3 Å². The maximum Gasteiger partial charge on any atom is 0.168 e. The quantitative estimate of drug-likeness (QED) is 0.492. The van der Waals surface area contributed by atoms with Crippen molar-refractivity contribution in [2.75, 3.05) is 14.2 Å². The van der Waals surface area contributed by atoms with Gasteiger partial charge in [0.2, 0.25) is 0 Å². The third kappa shape index (κ3) is 5.63. The Morgan fingerprint density at radius 2 is 1.77 bits per heavy atom. The van der Waals surface area contributed by atoms with Gasteiger partial charge in [0, 0.05) is 6.42 Å². The van der Waals surface area contributed by atoms with Crippen molar-refractivity contribution in [3.05, 3.63) is 77.1 Å². The zero-order valence-corrected chi connectivity index (χ0v) is 18.5. The molecule has 2 aromatic rings. The van der Waals surface area contributed by atoms with Crippen LogP contribution in [-0.4, -0.2) is 30.8 Å². The molecule has 31 heavy (non-hydrogen) atoms. The molecule has 5 heteroatoms. The number of ketones is 1. The van der Waals surface area contributed by atoms with E-state index >= 15 is 0 Å². The van der Waals surface area contributed by atoms with Crippen LogP contribution in [0.5, 0.6) is 11.5 Å². The molecule has 0 unspecified atom stereocenters. The Morgan fingerprint density at radius 1 is 1.06 bits per heavy atom. The highest BCUT2D eigenvalue weighted by Gasteiger charge is 2.35. The fourth-order valence-electron chi connectivity index (χ4n) is 3.70. The number of methoxy groups -OCH3 is 2. The lowest BCUT2D eigenvalue weighted by Crippen LogP contribution is -2.32. The van der Waals surface area contributed by atoms with Crippen molar-refractivity contribution in [3.8, 4) is 11.5 Å². The molecule has 0 aromatic heterocycles. The number of hydrogen-bond donors (Lipinski definition) is 1. The van der Waals surface area contributed by atoms with Gasteiger partial charge in [-0.25, -0.2) is 0 Å². The molecule has 0 atom stereocenters. The summed E-state index contributed by atoms with van der Waals surface area (Å²) >= 11 is 0. The third-order valence-corrected chi connectivity index (χ3v) is 5.25. The number of rotatable bonds is 6. The summed E-state index contributed by atoms with van der Waals surface area (Å²) in [7, 11) is 3.15. The summed E-state index contributed by atoms with van der Waals surface area (Å²) in [6, 6.07) is 15.3. The van der Waals surface area contributed by atoms with E-state index in [1.165, 1.54) is 0 Å². The molecule has 3 rings (SSSR count). The molecule has 1 aliphatic carbocycles. The Hall–Kier alpha value is -3.34. The van der Waals surface area contributed by atoms with E-state index in [9.17, 15) is 9.90 Å². The van der Waals surface area contributed by atoms with E-state index in [0.29, 0.717) is 42.2 Å². The Bertz CT molecular complexity index is 1030. The number of aliphatic hydroxyl groups excluding tert-OH is 1. The average molecular weight is 420 g/mol. The predicted octanol–water partition coefficient (Wildman–Crippen LogP) is 5.56. The predicted molar refractivity (Wildman–Crippen MR) is 124 cm³/mol. The highest BCUT2D eigenvalue weighted by Crippen LogP contribution is 2.36. The standard InChI is InChI=1S/C26H29NO4/c1-26(2)15-20(27-17-19-8-6-5-7-9-19)25(22(29)16-26)21(28)12-10-18-11-13-23(30-3)24(14-18)31-4/h5-14,28H,15-17H2,1-4H3/b12-10+,25-21?,27-20?. The summed E-state index contributed by atoms with van der Waals surface area (Å²) in [5.74, 6) is 1.07. The lowest BCUT2D eigenvalue weighted by molar-refractivity contribution is -0.117. The monoisotopic (exact) mass is 419 g/mol. The highest BCUT2D eigenvalue weighted by atomic mass is 16.5. The molecule has 1 saturated carbocycles. The largest absolute Gasteiger partial charge is 0.507 e. The van der Waals surface area contributed by atoms with E-state index in [1.54, 1.807) is 32.4 Å². The smallest absolute Gasteiger partial charge is 0.168 e. The molecule has 0 heterocycles. The summed E-state index contributed by atoms with van der Waals surface area (Å²) in [4.78, 5) is 17.6. The van der Waals surface area contributed by atoms with E-state index in [0.717, 1.165) is 11.1 Å². The molecule has 0 radical (unpaired) electrons. The first-order chi connectivity index (χ1) is 14.8. The summed E-state index contributed by atoms with van der Waals surface area (Å²) in [5.41, 5.74) is 2.65. The second kappa shape index (κ2) is 9.65. The number of ether oxygens (including phenoxy) is 2. The maximum absolute atomic E-state index is 12.9. The minimum atomic E-state index is -0.191. The molecular formula is C26H29NO4. The molecule has 1 N–H and O–H groups in total. The number of Topliss-reactive ketones (excluding diaryl/α,β-unsaturated/α-hetero) is 1. The van der Waals surface area contributed by atoms with Crippen molar-refractivity contribution in [2.45, 2.75) is 33.2 Å². The zero-order valence-electron chi connectivity index (χ0n) is 18.5. The van der Waals surface area contributed by atoms with Gasteiger partial charge in [0.15, 0.2) is 17.3 Å². The first kappa shape index (κ1) is 22.3. The van der Waals surface area contributed by atoms with Crippen LogP contribution in [0.4, 0.5) is 0 Å². The minimum Gasteiger partial charge on any atom is -0.507 e. The van der Waals surface area contributed by atoms with Gasteiger partial charge >= 0.3 is 0 Å². The van der Waals surface area contributed by atoms with Crippen LogP contribution >= 0.6 is 0 Å². The van der Waals surface area contributed by atoms with Gasteiger partial charge in [0.25, 0.3) is 0 Å². The van der Waals surface area contributed by atoms with Crippen LogP contribution in [0.25, 0.3) is 6.08 Å². The molecule has 2 aromatic carbocycles. The first-order valence-electron chi connectivity index (χ1n) is 10.3. The van der Waals surface area contributed by atoms with Crippen molar-refractivity contribution in [2.24, 2.45) is 10.4 Å². The second-order valence-corrected chi connectivity index (χ2v) is 8.40. The number of allylic oxidation sites excluding steroid dienone is 2. The summed E-state index contributed by atoms with van der Waals surface area (Å²) in [6.45, 7) is 4.57. The number of aliphatic hydroxyl groups is 1. The van der Waals surface area contributed by atoms with Gasteiger partial charge in [-0.2, -0.15) is 0 Å². The molecule has 1 fully saturated rings. The summed E-state index contributed by atoms with van der Waals surface area (Å²) in [5, 5.41) is 10.8. The first-order valence-corrected chi connectivity index (χ1v) is 10.3. The molecular weight excluding hydrogens is 390 g/mol. The normalized spacial score (nSPS) is 19.0. The Balaban J connectivity index is 1.93. The SMILES string of the molecule is COc1ccc(/C=C/C(O)=C2C(=O)CC(C)(C)CC2=NCc2ccccc2)cc1OC. The van der Waals surface area contributed by atoms with Crippen molar-refractivity contribution < 1.29 is 19.4 Å². The summed E-state index contributed by atoms with van der Waals surface area (Å²) < 4.78 is 10.6. The molecule has 0 spiro atoms. The average Bonchev–Trinajstić information content (AvgIpc) is 2.75. The molecule has 0 saturated heterocycles. The molecule has 0 bridgehead atoms. The zero-order chi connectivity index (χ0) is 22.4. The Morgan fingerprint density at radius 3 is 2.45 bits per heavy atom. The van der Waals surface area contributed by atoms with Crippen LogP contribution in [0.15, 0.2) is 70.9 Å². The Kier molecular flexibility index (Phi) is 6.95. The third-order valence-electron chi connectivity index (χ3n) is 5.25. The molecule has 0 amide bonds. The minimum absolute atomic E-state index is 0.0675. The number of nitrogens with zero attached hydrogens (tertiary/aromatic N) is 1. The lowest BCUT2D eigenvalue weighted by atomic mass is 9.73. The Labute approximate surface area is 183 Å². The van der Waals surface area contributed by atoms with Crippen LogP contribution in [0.1, 0.15) is 37.8 Å². The van der Waals surface area contributed by atoms with Crippen LogP contribution in [0.3, 0.4) is 0 Å². The fraction of sp³-hybridized carbons (Fsp3) is 0.308. The van der Waals surface area contributed by atoms with E-state index in [-0.39, 0.29) is 17.0 Å². The number of hydrogen-bond acceptors (Lipinski definition) is 5. The van der Waals surface area contributed by atoms with Gasteiger partial charge < -0.3 is 14.6 Å². The van der Waals surface area contributed by atoms with Gasteiger partial charge in [-0.05, 0) is 41.2 Å². The topological polar surface area (TPSA) is 68.1 Å². The van der Waals surface area contributed by atoms with E-state index in [4.69, 9.17) is 14.5 Å². The van der Waals surface area contributed by atoms with Gasteiger partial charge in [0.1, 0.15) is 5.76 Å². The van der Waals surface area contributed by atoms with Crippen LogP contribution in [0.2, 0.25) is 0 Å². The second-order valence-electron chi connectivity index (χ2n) is 8.40. The molecule has 1 aliphatic rings. The van der Waals surface area contributed by atoms with Crippen molar-refractivity contribution in [3.63, 3.8) is 0 Å². The fourth-order valence-corrected chi connectivity index (χ4v) is 3.70. The van der Waals surface area contributed by atoms with E-state index in [1.807, 2.05) is 42.5 Å². The van der Waals surface area contributed by atoms with Gasteiger partial charge in [-0.3, -0.25) is 9.79 Å². The molecule has 0 aliphatic heterocycles. The lowest BCUT2D eigenvalue weighted by Gasteiger charge is -2.31. The van der Waals surface area contributed by atoms with E-state index < -0.39 is 0 Å². The van der Waals surface area contributed by atoms with Crippen LogP contribution < -0.4 is 9.47 Å². The van der Waals surface area contributed by atoms with Gasteiger partial charge in [0.05, 0.1) is 32.0 Å². The number of carbonyl (C=O) groups is 1. The van der Waals surface area contributed by atoms with Crippen molar-refractivity contribution in [1.29, 1.82) is 0 Å². The van der Waals surface area contributed by atoms with Crippen molar-refractivity contribution in [1.82, 2.24) is 0 Å². The van der Waals surface area contributed by atoms with Crippen LogP contribution in [-0.2, 0) is 11.3 Å². The molecule has 162 valence electrons.